The van der Waals surface area contributed by atoms with Crippen LogP contribution in [0, 0.1) is 5.82 Å². The van der Waals surface area contributed by atoms with Gasteiger partial charge in [-0.15, -0.1) is 11.6 Å². The molecule has 14 heavy (non-hydrogen) atoms. The lowest BCUT2D eigenvalue weighted by Crippen LogP contribution is -1.82. The van der Waals surface area contributed by atoms with Crippen molar-refractivity contribution < 1.29 is 8.81 Å². The maximum atomic E-state index is 13.3. The molecule has 0 saturated heterocycles. The highest BCUT2D eigenvalue weighted by Crippen LogP contribution is 2.33. The molecule has 1 aromatic carbocycles. The second kappa shape index (κ2) is 3.44. The van der Waals surface area contributed by atoms with Crippen LogP contribution in [0.25, 0.3) is 11.0 Å². The molecule has 0 aliphatic heterocycles. The summed E-state index contributed by atoms with van der Waals surface area (Å²) in [5, 5.41) is 0.751. The van der Waals surface area contributed by atoms with Gasteiger partial charge < -0.3 is 4.42 Å². The van der Waals surface area contributed by atoms with E-state index in [1.165, 1.54) is 12.3 Å². The van der Waals surface area contributed by atoms with E-state index < -0.39 is 5.82 Å². The molecular weight excluding hydrogens is 226 g/mol. The van der Waals surface area contributed by atoms with E-state index in [1.807, 2.05) is 0 Å². The molecule has 0 radical (unpaired) electrons. The van der Waals surface area contributed by atoms with Crippen molar-refractivity contribution >= 4 is 34.2 Å². The zero-order valence-corrected chi connectivity index (χ0v) is 8.86. The van der Waals surface area contributed by atoms with Crippen molar-refractivity contribution in [2.24, 2.45) is 0 Å². The van der Waals surface area contributed by atoms with E-state index in [4.69, 9.17) is 27.6 Å². The lowest BCUT2D eigenvalue weighted by atomic mass is 10.1. The smallest absolute Gasteiger partial charge is 0.169 e. The number of halogens is 3. The Morgan fingerprint density at radius 2 is 2.14 bits per heavy atom. The SMILES string of the molecule is CC(Cl)c1coc2c(F)cc(Cl)cc12. The Morgan fingerprint density at radius 1 is 1.43 bits per heavy atom. The molecule has 1 unspecified atom stereocenters. The topological polar surface area (TPSA) is 13.1 Å². The fourth-order valence-corrected chi connectivity index (χ4v) is 1.76. The minimum Gasteiger partial charge on any atom is -0.461 e. The van der Waals surface area contributed by atoms with Gasteiger partial charge in [-0.05, 0) is 19.1 Å². The molecule has 1 heterocycles. The monoisotopic (exact) mass is 232 g/mol. The van der Waals surface area contributed by atoms with Gasteiger partial charge in [0.05, 0.1) is 11.6 Å². The third kappa shape index (κ3) is 1.49. The first-order valence-corrected chi connectivity index (χ1v) is 4.91. The number of alkyl halides is 1. The van der Waals surface area contributed by atoms with Gasteiger partial charge in [-0.25, -0.2) is 4.39 Å². The maximum absolute atomic E-state index is 13.3. The van der Waals surface area contributed by atoms with Crippen LogP contribution in [0.2, 0.25) is 5.02 Å². The Hall–Kier alpha value is -0.730. The Balaban J connectivity index is 2.78. The predicted molar refractivity (Wildman–Crippen MR) is 55.5 cm³/mol. The van der Waals surface area contributed by atoms with Crippen molar-refractivity contribution in [2.45, 2.75) is 12.3 Å². The molecule has 2 rings (SSSR count). The van der Waals surface area contributed by atoms with Crippen molar-refractivity contribution in [3.05, 3.63) is 34.8 Å². The lowest BCUT2D eigenvalue weighted by molar-refractivity contribution is 0.558. The zero-order chi connectivity index (χ0) is 10.3. The first kappa shape index (κ1) is 9.81. The van der Waals surface area contributed by atoms with Gasteiger partial charge in [0, 0.05) is 16.0 Å². The Labute approximate surface area is 90.4 Å². The summed E-state index contributed by atoms with van der Waals surface area (Å²) in [7, 11) is 0. The standard InChI is InChI=1S/C10H7Cl2FO/c1-5(11)8-4-14-10-7(8)2-6(12)3-9(10)13/h2-5H,1H3. The van der Waals surface area contributed by atoms with E-state index in [-0.39, 0.29) is 11.0 Å². The summed E-state index contributed by atoms with van der Waals surface area (Å²) in [6, 6.07) is 2.87. The Bertz CT molecular complexity index is 476. The van der Waals surface area contributed by atoms with E-state index in [2.05, 4.69) is 0 Å². The molecule has 0 aliphatic rings. The number of furan rings is 1. The summed E-state index contributed by atoms with van der Waals surface area (Å²) in [6.45, 7) is 1.80. The number of fused-ring (bicyclic) bond motifs is 1. The number of benzene rings is 1. The van der Waals surface area contributed by atoms with Gasteiger partial charge in [-0.1, -0.05) is 11.6 Å². The second-order valence-corrected chi connectivity index (χ2v) is 4.16. The van der Waals surface area contributed by atoms with Gasteiger partial charge >= 0.3 is 0 Å². The third-order valence-corrected chi connectivity index (χ3v) is 2.50. The van der Waals surface area contributed by atoms with E-state index in [1.54, 1.807) is 13.0 Å². The zero-order valence-electron chi connectivity index (χ0n) is 7.35. The first-order valence-electron chi connectivity index (χ1n) is 4.10. The second-order valence-electron chi connectivity index (χ2n) is 3.07. The van der Waals surface area contributed by atoms with Crippen LogP contribution in [0.4, 0.5) is 4.39 Å². The minimum atomic E-state index is -0.462. The molecule has 0 fully saturated rings. The summed E-state index contributed by atoms with van der Waals surface area (Å²) in [5.41, 5.74) is 0.958. The van der Waals surface area contributed by atoms with Crippen LogP contribution in [0.15, 0.2) is 22.8 Å². The van der Waals surface area contributed by atoms with Crippen LogP contribution < -0.4 is 0 Å². The van der Waals surface area contributed by atoms with Crippen molar-refractivity contribution in [1.29, 1.82) is 0 Å². The summed E-state index contributed by atoms with van der Waals surface area (Å²) in [6.07, 6.45) is 1.46. The molecule has 1 atom stereocenters. The maximum Gasteiger partial charge on any atom is 0.169 e. The summed E-state index contributed by atoms with van der Waals surface area (Å²) in [4.78, 5) is 0. The highest BCUT2D eigenvalue weighted by Gasteiger charge is 2.14. The molecule has 0 N–H and O–H groups in total. The van der Waals surface area contributed by atoms with Gasteiger partial charge in [-0.3, -0.25) is 0 Å². The third-order valence-electron chi connectivity index (χ3n) is 2.05. The molecule has 1 aromatic heterocycles. The average Bonchev–Trinajstić information content (AvgIpc) is 2.47. The van der Waals surface area contributed by atoms with Crippen molar-refractivity contribution in [3.8, 4) is 0 Å². The lowest BCUT2D eigenvalue weighted by Gasteiger charge is -1.99. The van der Waals surface area contributed by atoms with Gasteiger partial charge in [0.2, 0.25) is 0 Å². The largest absolute Gasteiger partial charge is 0.461 e. The Kier molecular flexibility index (Phi) is 2.41. The van der Waals surface area contributed by atoms with E-state index in [0.29, 0.717) is 10.4 Å². The molecule has 4 heteroatoms. The van der Waals surface area contributed by atoms with Gasteiger partial charge in [0.15, 0.2) is 11.4 Å². The molecule has 0 bridgehead atoms. The average molecular weight is 233 g/mol. The quantitative estimate of drug-likeness (QED) is 0.659. The van der Waals surface area contributed by atoms with Crippen LogP contribution >= 0.6 is 23.2 Å². The molecule has 0 aliphatic carbocycles. The summed E-state index contributed by atoms with van der Waals surface area (Å²) < 4.78 is 18.4. The van der Waals surface area contributed by atoms with Gasteiger partial charge in [0.1, 0.15) is 0 Å². The van der Waals surface area contributed by atoms with Crippen LogP contribution in [-0.4, -0.2) is 0 Å². The Morgan fingerprint density at radius 3 is 2.79 bits per heavy atom. The first-order chi connectivity index (χ1) is 6.59. The fourth-order valence-electron chi connectivity index (χ4n) is 1.39. The van der Waals surface area contributed by atoms with Crippen LogP contribution in [0.1, 0.15) is 17.9 Å². The highest BCUT2D eigenvalue weighted by atomic mass is 35.5. The molecular formula is C10H7Cl2FO. The number of rotatable bonds is 1. The molecule has 0 spiro atoms. The number of hydrogen-bond donors (Lipinski definition) is 0. The normalized spacial score (nSPS) is 13.4. The molecule has 74 valence electrons. The van der Waals surface area contributed by atoms with Gasteiger partial charge in [-0.2, -0.15) is 0 Å². The molecule has 0 saturated carbocycles. The molecule has 1 nitrogen and oxygen atoms in total. The van der Waals surface area contributed by atoms with Crippen molar-refractivity contribution in [1.82, 2.24) is 0 Å². The van der Waals surface area contributed by atoms with Gasteiger partial charge in [0.25, 0.3) is 0 Å². The van der Waals surface area contributed by atoms with Crippen LogP contribution in [0.3, 0.4) is 0 Å². The van der Waals surface area contributed by atoms with E-state index in [9.17, 15) is 4.39 Å². The van der Waals surface area contributed by atoms with Crippen LogP contribution in [0.5, 0.6) is 0 Å². The predicted octanol–water partition coefficient (Wildman–Crippen LogP) is 4.53. The van der Waals surface area contributed by atoms with E-state index >= 15 is 0 Å². The van der Waals surface area contributed by atoms with Crippen LogP contribution in [-0.2, 0) is 0 Å². The summed E-state index contributed by atoms with van der Waals surface area (Å²) in [5.74, 6) is -0.462. The summed E-state index contributed by atoms with van der Waals surface area (Å²) >= 11 is 11.6. The number of hydrogen-bond acceptors (Lipinski definition) is 1. The van der Waals surface area contributed by atoms with E-state index in [0.717, 1.165) is 5.56 Å². The molecule has 2 aromatic rings. The highest BCUT2D eigenvalue weighted by molar-refractivity contribution is 6.31. The van der Waals surface area contributed by atoms with Crippen molar-refractivity contribution in [3.63, 3.8) is 0 Å². The minimum absolute atomic E-state index is 0.205. The molecule has 0 amide bonds. The fraction of sp³-hybridized carbons (Fsp3) is 0.200. The van der Waals surface area contributed by atoms with Crippen molar-refractivity contribution in [2.75, 3.05) is 0 Å².